The molecule has 2 aliphatic rings. The van der Waals surface area contributed by atoms with Crippen molar-refractivity contribution in [2.45, 2.75) is 50.3 Å². The monoisotopic (exact) mass is 437 g/mol. The molecule has 1 amide bonds. The lowest BCUT2D eigenvalue weighted by Crippen LogP contribution is -2.38. The first-order chi connectivity index (χ1) is 14.4. The molecule has 2 fully saturated rings. The number of methoxy groups -OCH3 is 1. The molecule has 1 aromatic rings. The van der Waals surface area contributed by atoms with Crippen molar-refractivity contribution in [1.29, 1.82) is 0 Å². The maximum absolute atomic E-state index is 13.0. The number of sulfonamides is 1. The zero-order valence-electron chi connectivity index (χ0n) is 18.2. The Balaban J connectivity index is 1.64. The van der Waals surface area contributed by atoms with Gasteiger partial charge in [0.15, 0.2) is 0 Å². The minimum Gasteiger partial charge on any atom is -0.496 e. The van der Waals surface area contributed by atoms with Crippen molar-refractivity contribution >= 4 is 15.9 Å². The predicted octanol–water partition coefficient (Wildman–Crippen LogP) is 2.72. The number of nitrogens with one attached hydrogen (secondary N) is 1. The third-order valence-electron chi connectivity index (χ3n) is 6.17. The number of nitrogens with zero attached hydrogens (tertiary/aromatic N) is 2. The molecule has 2 heterocycles. The maximum atomic E-state index is 13.0. The van der Waals surface area contributed by atoms with Crippen LogP contribution in [0.25, 0.3) is 0 Å². The van der Waals surface area contributed by atoms with E-state index in [9.17, 15) is 13.2 Å². The molecule has 0 unspecified atom stereocenters. The van der Waals surface area contributed by atoms with Crippen LogP contribution in [-0.4, -0.2) is 70.5 Å². The number of likely N-dealkylation sites (tertiary alicyclic amines) is 2. The fourth-order valence-electron chi connectivity index (χ4n) is 4.18. The molecule has 30 heavy (non-hydrogen) atoms. The molecule has 8 heteroatoms. The average molecular weight is 438 g/mol. The molecule has 0 bridgehead atoms. The topological polar surface area (TPSA) is 79.0 Å². The highest BCUT2D eigenvalue weighted by Gasteiger charge is 2.26. The lowest BCUT2D eigenvalue weighted by atomic mass is 9.98. The second-order valence-electron chi connectivity index (χ2n) is 8.49. The summed E-state index contributed by atoms with van der Waals surface area (Å²) >= 11 is 0. The van der Waals surface area contributed by atoms with Crippen LogP contribution in [0.1, 0.15) is 55.8 Å². The molecule has 1 aromatic carbocycles. The highest BCUT2D eigenvalue weighted by Crippen LogP contribution is 2.26. The van der Waals surface area contributed by atoms with Crippen molar-refractivity contribution in [2.24, 2.45) is 5.92 Å². The zero-order valence-corrected chi connectivity index (χ0v) is 19.0. The van der Waals surface area contributed by atoms with Crippen molar-refractivity contribution in [3.63, 3.8) is 0 Å². The summed E-state index contributed by atoms with van der Waals surface area (Å²) in [5.41, 5.74) is 0.309. The summed E-state index contributed by atoms with van der Waals surface area (Å²) in [5, 5.41) is 0. The maximum Gasteiger partial charge on any atom is 0.257 e. The number of hydrogen-bond acceptors (Lipinski definition) is 5. The van der Waals surface area contributed by atoms with Gasteiger partial charge in [0.25, 0.3) is 5.91 Å². The van der Waals surface area contributed by atoms with Gasteiger partial charge in [0, 0.05) is 19.6 Å². The number of piperidine rings is 2. The molecule has 0 saturated carbocycles. The van der Waals surface area contributed by atoms with Gasteiger partial charge in [-0.15, -0.1) is 0 Å². The van der Waals surface area contributed by atoms with E-state index in [1.807, 2.05) is 0 Å². The Morgan fingerprint density at radius 3 is 2.50 bits per heavy atom. The largest absolute Gasteiger partial charge is 0.496 e. The number of ether oxygens (including phenoxy) is 1. The molecule has 1 N–H and O–H groups in total. The Kier molecular flexibility index (Phi) is 8.13. The van der Waals surface area contributed by atoms with Gasteiger partial charge in [-0.25, -0.2) is 13.1 Å². The molecule has 0 spiro atoms. The molecule has 0 atom stereocenters. The molecule has 168 valence electrons. The van der Waals surface area contributed by atoms with Crippen LogP contribution in [0, 0.1) is 5.92 Å². The highest BCUT2D eigenvalue weighted by molar-refractivity contribution is 7.89. The number of carbonyl (C=O) groups is 1. The minimum atomic E-state index is -3.68. The van der Waals surface area contributed by atoms with E-state index in [-0.39, 0.29) is 10.8 Å². The van der Waals surface area contributed by atoms with E-state index < -0.39 is 10.0 Å². The Morgan fingerprint density at radius 1 is 1.13 bits per heavy atom. The van der Waals surface area contributed by atoms with Crippen LogP contribution in [0.15, 0.2) is 23.1 Å². The van der Waals surface area contributed by atoms with E-state index in [1.165, 1.54) is 38.5 Å². The molecular formula is C22H35N3O4S. The SMILES string of the molecule is COc1ccc(S(=O)(=O)NCCCN2CCCCC2)cc1C(=O)N1CCC(C)CC1. The van der Waals surface area contributed by atoms with Gasteiger partial charge < -0.3 is 14.5 Å². The smallest absolute Gasteiger partial charge is 0.257 e. The van der Waals surface area contributed by atoms with Gasteiger partial charge in [-0.05, 0) is 75.9 Å². The zero-order chi connectivity index (χ0) is 21.6. The predicted molar refractivity (Wildman–Crippen MR) is 117 cm³/mol. The van der Waals surface area contributed by atoms with Crippen LogP contribution >= 0.6 is 0 Å². The van der Waals surface area contributed by atoms with Gasteiger partial charge in [-0.2, -0.15) is 0 Å². The second kappa shape index (κ2) is 10.6. The average Bonchev–Trinajstić information content (AvgIpc) is 2.77. The minimum absolute atomic E-state index is 0.106. The Bertz CT molecular complexity index is 814. The summed E-state index contributed by atoms with van der Waals surface area (Å²) < 4.78 is 33.6. The Labute approximate surface area is 180 Å². The molecule has 2 aliphatic heterocycles. The van der Waals surface area contributed by atoms with Gasteiger partial charge in [0.05, 0.1) is 17.6 Å². The Morgan fingerprint density at radius 2 is 1.83 bits per heavy atom. The molecular weight excluding hydrogens is 402 g/mol. The van der Waals surface area contributed by atoms with Crippen molar-refractivity contribution in [3.05, 3.63) is 23.8 Å². The summed E-state index contributed by atoms with van der Waals surface area (Å²) in [7, 11) is -2.18. The first kappa shape index (κ1) is 23.0. The fraction of sp³-hybridized carbons (Fsp3) is 0.682. The summed E-state index contributed by atoms with van der Waals surface area (Å²) in [4.78, 5) is 17.3. The van der Waals surface area contributed by atoms with E-state index in [2.05, 4.69) is 16.5 Å². The van der Waals surface area contributed by atoms with Gasteiger partial charge in [0.1, 0.15) is 5.75 Å². The molecule has 0 aliphatic carbocycles. The van der Waals surface area contributed by atoms with E-state index in [0.29, 0.717) is 36.9 Å². The van der Waals surface area contributed by atoms with Gasteiger partial charge in [-0.3, -0.25) is 4.79 Å². The van der Waals surface area contributed by atoms with Crippen LogP contribution < -0.4 is 9.46 Å². The number of amides is 1. The molecule has 3 rings (SSSR count). The summed E-state index contributed by atoms with van der Waals surface area (Å²) in [6, 6.07) is 4.52. The van der Waals surface area contributed by atoms with Crippen molar-refractivity contribution in [1.82, 2.24) is 14.5 Å². The molecule has 7 nitrogen and oxygen atoms in total. The number of rotatable bonds is 8. The number of hydrogen-bond donors (Lipinski definition) is 1. The van der Waals surface area contributed by atoms with Crippen LogP contribution in [0.3, 0.4) is 0 Å². The third-order valence-corrected chi connectivity index (χ3v) is 7.63. The van der Waals surface area contributed by atoms with Gasteiger partial charge in [-0.1, -0.05) is 13.3 Å². The Hall–Kier alpha value is -1.64. The normalized spacial score (nSPS) is 19.1. The van der Waals surface area contributed by atoms with E-state index in [4.69, 9.17) is 4.74 Å². The van der Waals surface area contributed by atoms with Crippen LogP contribution in [0.4, 0.5) is 0 Å². The van der Waals surface area contributed by atoms with Crippen LogP contribution in [0.2, 0.25) is 0 Å². The highest BCUT2D eigenvalue weighted by atomic mass is 32.2. The number of carbonyl (C=O) groups excluding carboxylic acids is 1. The first-order valence-electron chi connectivity index (χ1n) is 11.1. The summed E-state index contributed by atoms with van der Waals surface area (Å²) in [6.45, 7) is 7.06. The van der Waals surface area contributed by atoms with Crippen molar-refractivity contribution in [2.75, 3.05) is 46.4 Å². The summed E-state index contributed by atoms with van der Waals surface area (Å²) in [5.74, 6) is 0.848. The molecule has 2 saturated heterocycles. The van der Waals surface area contributed by atoms with Gasteiger partial charge >= 0.3 is 0 Å². The van der Waals surface area contributed by atoms with Gasteiger partial charge in [0.2, 0.25) is 10.0 Å². The first-order valence-corrected chi connectivity index (χ1v) is 12.6. The van der Waals surface area contributed by atoms with Crippen LogP contribution in [0.5, 0.6) is 5.75 Å². The van der Waals surface area contributed by atoms with Crippen LogP contribution in [-0.2, 0) is 10.0 Å². The fourth-order valence-corrected chi connectivity index (χ4v) is 5.28. The molecule has 0 radical (unpaired) electrons. The van der Waals surface area contributed by atoms with E-state index in [1.54, 1.807) is 11.0 Å². The number of benzene rings is 1. The van der Waals surface area contributed by atoms with Crippen molar-refractivity contribution < 1.29 is 17.9 Å². The standard InChI is InChI=1S/C22H35N3O4S/c1-18-9-15-25(16-10-18)22(26)20-17-19(7-8-21(20)29-2)30(27,28)23-11-6-14-24-12-4-3-5-13-24/h7-8,17-18,23H,3-6,9-16H2,1-2H3. The second-order valence-corrected chi connectivity index (χ2v) is 10.3. The van der Waals surface area contributed by atoms with E-state index >= 15 is 0 Å². The lowest BCUT2D eigenvalue weighted by Gasteiger charge is -2.30. The third kappa shape index (κ3) is 5.95. The van der Waals surface area contributed by atoms with E-state index in [0.717, 1.165) is 38.9 Å². The quantitative estimate of drug-likeness (QED) is 0.633. The molecule has 0 aromatic heterocycles. The van der Waals surface area contributed by atoms with Crippen molar-refractivity contribution in [3.8, 4) is 5.75 Å². The lowest BCUT2D eigenvalue weighted by molar-refractivity contribution is 0.0693. The summed E-state index contributed by atoms with van der Waals surface area (Å²) in [6.07, 6.45) is 6.44.